The molecule has 24 heavy (non-hydrogen) atoms. The molecule has 0 spiro atoms. The summed E-state index contributed by atoms with van der Waals surface area (Å²) in [6.45, 7) is 3.82. The molecule has 0 atom stereocenters. The normalized spacial score (nSPS) is 15.3. The van der Waals surface area contributed by atoms with Gasteiger partial charge in [0.2, 0.25) is 5.88 Å². The van der Waals surface area contributed by atoms with Crippen molar-refractivity contribution in [1.29, 1.82) is 0 Å². The summed E-state index contributed by atoms with van der Waals surface area (Å²) in [6, 6.07) is 8.34. The van der Waals surface area contributed by atoms with E-state index in [9.17, 15) is 8.42 Å². The molecule has 0 unspecified atom stereocenters. The van der Waals surface area contributed by atoms with Gasteiger partial charge in [0, 0.05) is 19.2 Å². The van der Waals surface area contributed by atoms with Crippen molar-refractivity contribution < 1.29 is 12.8 Å². The lowest BCUT2D eigenvalue weighted by molar-refractivity contribution is 0.548. The molecule has 0 amide bonds. The van der Waals surface area contributed by atoms with E-state index in [-0.39, 0.29) is 4.90 Å². The zero-order chi connectivity index (χ0) is 17.2. The monoisotopic (exact) mass is 411 g/mol. The molecule has 1 aromatic carbocycles. The second-order valence-corrected chi connectivity index (χ2v) is 8.18. The summed E-state index contributed by atoms with van der Waals surface area (Å²) in [6.07, 6.45) is 3.65. The number of hydrazone groups is 1. The van der Waals surface area contributed by atoms with Gasteiger partial charge in [0.05, 0.1) is 15.6 Å². The molecule has 0 saturated carbocycles. The molecule has 128 valence electrons. The van der Waals surface area contributed by atoms with E-state index in [0.29, 0.717) is 5.76 Å². The Bertz CT molecular complexity index is 838. The van der Waals surface area contributed by atoms with Crippen molar-refractivity contribution in [1.82, 2.24) is 4.83 Å². The summed E-state index contributed by atoms with van der Waals surface area (Å²) in [5, 5.41) is 3.80. The first-order valence-corrected chi connectivity index (χ1v) is 9.89. The van der Waals surface area contributed by atoms with Gasteiger partial charge < -0.3 is 9.32 Å². The van der Waals surface area contributed by atoms with Crippen molar-refractivity contribution >= 4 is 38.1 Å². The van der Waals surface area contributed by atoms with Crippen LogP contribution in [0.5, 0.6) is 0 Å². The van der Waals surface area contributed by atoms with Crippen LogP contribution in [0.15, 0.2) is 49.2 Å². The molecule has 0 bridgehead atoms. The minimum Gasteiger partial charge on any atom is -0.438 e. The van der Waals surface area contributed by atoms with Gasteiger partial charge in [-0.1, -0.05) is 17.7 Å². The number of anilines is 1. The number of nitrogens with one attached hydrogen (secondary N) is 1. The SMILES string of the molecule is Cc1ccc(S(=O)(=O)N/N=C\c2cc(Br)c(N3CCCC3)o2)cc1. The van der Waals surface area contributed by atoms with Crippen LogP contribution in [0.3, 0.4) is 0 Å². The summed E-state index contributed by atoms with van der Waals surface area (Å²) < 4.78 is 30.9. The van der Waals surface area contributed by atoms with E-state index in [2.05, 4.69) is 30.8 Å². The molecule has 8 heteroatoms. The summed E-state index contributed by atoms with van der Waals surface area (Å²) in [5.41, 5.74) is 0.993. The van der Waals surface area contributed by atoms with Gasteiger partial charge in [-0.3, -0.25) is 0 Å². The number of hydrogen-bond donors (Lipinski definition) is 1. The topological polar surface area (TPSA) is 74.9 Å². The molecular weight excluding hydrogens is 394 g/mol. The average molecular weight is 412 g/mol. The molecule has 1 aliphatic rings. The second kappa shape index (κ2) is 6.98. The van der Waals surface area contributed by atoms with Crippen molar-refractivity contribution in [2.24, 2.45) is 5.10 Å². The zero-order valence-electron chi connectivity index (χ0n) is 13.2. The van der Waals surface area contributed by atoms with Crippen molar-refractivity contribution in [3.63, 3.8) is 0 Å². The molecule has 0 radical (unpaired) electrons. The number of nitrogens with zero attached hydrogens (tertiary/aromatic N) is 2. The maximum Gasteiger partial charge on any atom is 0.276 e. The van der Waals surface area contributed by atoms with Gasteiger partial charge in [0.15, 0.2) is 5.76 Å². The van der Waals surface area contributed by atoms with E-state index in [1.54, 1.807) is 30.3 Å². The van der Waals surface area contributed by atoms with Crippen LogP contribution in [0, 0.1) is 6.92 Å². The summed E-state index contributed by atoms with van der Waals surface area (Å²) >= 11 is 3.47. The Balaban J connectivity index is 1.70. The van der Waals surface area contributed by atoms with E-state index < -0.39 is 10.0 Å². The second-order valence-electron chi connectivity index (χ2n) is 5.66. The minimum absolute atomic E-state index is 0.170. The summed E-state index contributed by atoms with van der Waals surface area (Å²) in [7, 11) is -3.68. The molecule has 1 fully saturated rings. The molecule has 6 nitrogen and oxygen atoms in total. The Kier molecular flexibility index (Phi) is 4.96. The van der Waals surface area contributed by atoms with Crippen LogP contribution in [0.1, 0.15) is 24.2 Å². The van der Waals surface area contributed by atoms with E-state index in [4.69, 9.17) is 4.42 Å². The number of aryl methyl sites for hydroxylation is 1. The first-order chi connectivity index (χ1) is 11.5. The lowest BCUT2D eigenvalue weighted by Gasteiger charge is -2.13. The molecule has 1 N–H and O–H groups in total. The van der Waals surface area contributed by atoms with Crippen LogP contribution < -0.4 is 9.73 Å². The third kappa shape index (κ3) is 3.81. The molecule has 1 saturated heterocycles. The fourth-order valence-electron chi connectivity index (χ4n) is 2.51. The highest BCUT2D eigenvalue weighted by Gasteiger charge is 2.19. The number of rotatable bonds is 5. The van der Waals surface area contributed by atoms with Gasteiger partial charge in [-0.25, -0.2) is 0 Å². The van der Waals surface area contributed by atoms with Crippen LogP contribution in [0.2, 0.25) is 0 Å². The van der Waals surface area contributed by atoms with Gasteiger partial charge in [0.25, 0.3) is 10.0 Å². The van der Waals surface area contributed by atoms with Crippen molar-refractivity contribution in [3.05, 3.63) is 46.1 Å². The van der Waals surface area contributed by atoms with Crippen LogP contribution in [0.25, 0.3) is 0 Å². The molecule has 1 aromatic heterocycles. The highest BCUT2D eigenvalue weighted by Crippen LogP contribution is 2.31. The Labute approximate surface area is 149 Å². The average Bonchev–Trinajstić information content (AvgIpc) is 3.17. The standard InChI is InChI=1S/C16H18BrN3O3S/c1-12-4-6-14(7-5-12)24(21,22)19-18-11-13-10-15(17)16(23-13)20-8-2-3-9-20/h4-7,10-11,19H,2-3,8-9H2,1H3/b18-11-. The summed E-state index contributed by atoms with van der Waals surface area (Å²) in [4.78, 5) is 4.51. The molecular formula is C16H18BrN3O3S. The van der Waals surface area contributed by atoms with Crippen LogP contribution in [0.4, 0.5) is 5.88 Å². The van der Waals surface area contributed by atoms with E-state index in [1.165, 1.54) is 6.21 Å². The third-order valence-electron chi connectivity index (χ3n) is 3.78. The Morgan fingerprint density at radius 2 is 1.92 bits per heavy atom. The van der Waals surface area contributed by atoms with E-state index in [1.807, 2.05) is 6.92 Å². The Hall–Kier alpha value is -1.80. The van der Waals surface area contributed by atoms with Gasteiger partial charge in [-0.2, -0.15) is 18.4 Å². The van der Waals surface area contributed by atoms with Crippen molar-refractivity contribution in [2.45, 2.75) is 24.7 Å². The zero-order valence-corrected chi connectivity index (χ0v) is 15.6. The largest absolute Gasteiger partial charge is 0.438 e. The lowest BCUT2D eigenvalue weighted by atomic mass is 10.2. The maximum absolute atomic E-state index is 12.1. The minimum atomic E-state index is -3.68. The smallest absolute Gasteiger partial charge is 0.276 e. The molecule has 1 aliphatic heterocycles. The van der Waals surface area contributed by atoms with Gasteiger partial charge >= 0.3 is 0 Å². The Morgan fingerprint density at radius 3 is 2.58 bits per heavy atom. The number of sulfonamides is 1. The first kappa shape index (κ1) is 17.0. The quantitative estimate of drug-likeness (QED) is 0.604. The Morgan fingerprint density at radius 1 is 1.25 bits per heavy atom. The number of furan rings is 1. The van der Waals surface area contributed by atoms with Crippen LogP contribution in [-0.2, 0) is 10.0 Å². The highest BCUT2D eigenvalue weighted by molar-refractivity contribution is 9.10. The van der Waals surface area contributed by atoms with Crippen molar-refractivity contribution in [2.75, 3.05) is 18.0 Å². The summed E-state index contributed by atoms with van der Waals surface area (Å²) in [5.74, 6) is 1.24. The van der Waals surface area contributed by atoms with E-state index in [0.717, 1.165) is 41.9 Å². The number of benzene rings is 1. The fourth-order valence-corrected chi connectivity index (χ4v) is 3.85. The maximum atomic E-state index is 12.1. The van der Waals surface area contributed by atoms with Gasteiger partial charge in [-0.15, -0.1) is 0 Å². The number of halogens is 1. The van der Waals surface area contributed by atoms with Gasteiger partial charge in [-0.05, 0) is 47.8 Å². The van der Waals surface area contributed by atoms with Crippen LogP contribution in [-0.4, -0.2) is 27.7 Å². The lowest BCUT2D eigenvalue weighted by Crippen LogP contribution is -2.18. The first-order valence-electron chi connectivity index (χ1n) is 7.61. The predicted molar refractivity (Wildman–Crippen MR) is 96.9 cm³/mol. The molecule has 2 aromatic rings. The number of hydrogen-bond acceptors (Lipinski definition) is 5. The molecule has 3 rings (SSSR count). The predicted octanol–water partition coefficient (Wildman–Crippen LogP) is 3.26. The molecule has 0 aliphatic carbocycles. The van der Waals surface area contributed by atoms with Crippen molar-refractivity contribution in [3.8, 4) is 0 Å². The molecule has 2 heterocycles. The van der Waals surface area contributed by atoms with Gasteiger partial charge in [0.1, 0.15) is 0 Å². The fraction of sp³-hybridized carbons (Fsp3) is 0.312. The third-order valence-corrected chi connectivity index (χ3v) is 5.58. The van der Waals surface area contributed by atoms with Crippen LogP contribution >= 0.6 is 15.9 Å². The highest BCUT2D eigenvalue weighted by atomic mass is 79.9. The van der Waals surface area contributed by atoms with E-state index >= 15 is 0 Å².